The molecule has 1 fully saturated rings. The molecule has 0 radical (unpaired) electrons. The lowest BCUT2D eigenvalue weighted by molar-refractivity contribution is -0.384. The molecule has 0 atom stereocenters. The molecule has 1 aromatic heterocycles. The number of nitrogens with zero attached hydrogens (tertiary/aromatic N) is 3. The van der Waals surface area contributed by atoms with Crippen LogP contribution in [0.5, 0.6) is 0 Å². The first-order valence-electron chi connectivity index (χ1n) is 6.10. The maximum absolute atomic E-state index is 12.1. The van der Waals surface area contributed by atoms with Gasteiger partial charge in [-0.15, -0.1) is 0 Å². The van der Waals surface area contributed by atoms with Crippen molar-refractivity contribution in [2.45, 2.75) is 18.4 Å². The third-order valence-electron chi connectivity index (χ3n) is 3.22. The van der Waals surface area contributed by atoms with Gasteiger partial charge < -0.3 is 14.8 Å². The van der Waals surface area contributed by atoms with E-state index in [-0.39, 0.29) is 16.8 Å². The number of carbonyl (C=O) groups is 1. The number of hydrogen-bond donors (Lipinski definition) is 1. The largest absolute Gasteiger partial charge is 0.467 e. The number of carbonyl (C=O) groups excluding carboxylic acids is 1. The van der Waals surface area contributed by atoms with Crippen LogP contribution < -0.4 is 5.32 Å². The molecule has 2 rings (SSSR count). The summed E-state index contributed by atoms with van der Waals surface area (Å²) in [5, 5.41) is 13.7. The average molecular weight is 317 g/mol. The minimum Gasteiger partial charge on any atom is -0.467 e. The van der Waals surface area contributed by atoms with Crippen molar-refractivity contribution in [1.82, 2.24) is 9.97 Å². The third kappa shape index (κ3) is 3.19. The summed E-state index contributed by atoms with van der Waals surface area (Å²) in [6.07, 6.45) is 1.60. The van der Waals surface area contributed by atoms with Crippen molar-refractivity contribution < 1.29 is 19.2 Å². The highest BCUT2D eigenvalue weighted by Gasteiger charge is 2.43. The molecule has 0 saturated carbocycles. The van der Waals surface area contributed by atoms with Gasteiger partial charge in [0, 0.05) is 26.1 Å². The van der Waals surface area contributed by atoms with Gasteiger partial charge in [0.05, 0.1) is 12.0 Å². The zero-order valence-electron chi connectivity index (χ0n) is 11.2. The Hall–Kier alpha value is -2.00. The molecular formula is C11H13ClN4O5. The highest BCUT2D eigenvalue weighted by atomic mass is 35.5. The van der Waals surface area contributed by atoms with Gasteiger partial charge >= 0.3 is 11.7 Å². The van der Waals surface area contributed by atoms with Gasteiger partial charge in [0.1, 0.15) is 11.7 Å². The van der Waals surface area contributed by atoms with Crippen LogP contribution in [0.15, 0.2) is 6.20 Å². The molecule has 0 aromatic carbocycles. The summed E-state index contributed by atoms with van der Waals surface area (Å²) in [4.78, 5) is 29.8. The molecule has 0 bridgehead atoms. The number of anilines is 1. The number of rotatable bonds is 4. The summed E-state index contributed by atoms with van der Waals surface area (Å²) in [5.74, 6) is -0.651. The van der Waals surface area contributed by atoms with Crippen molar-refractivity contribution in [2.24, 2.45) is 0 Å². The van der Waals surface area contributed by atoms with E-state index in [2.05, 4.69) is 15.3 Å². The van der Waals surface area contributed by atoms with Crippen LogP contribution in [-0.2, 0) is 14.3 Å². The molecule has 1 aliphatic rings. The second kappa shape index (κ2) is 6.19. The first kappa shape index (κ1) is 15.4. The van der Waals surface area contributed by atoms with Crippen LogP contribution in [0.3, 0.4) is 0 Å². The normalized spacial score (nSPS) is 17.0. The Morgan fingerprint density at radius 2 is 2.24 bits per heavy atom. The van der Waals surface area contributed by atoms with E-state index in [9.17, 15) is 14.9 Å². The summed E-state index contributed by atoms with van der Waals surface area (Å²) in [7, 11) is 1.25. The summed E-state index contributed by atoms with van der Waals surface area (Å²) >= 11 is 5.67. The number of halogens is 1. The highest BCUT2D eigenvalue weighted by molar-refractivity contribution is 6.28. The van der Waals surface area contributed by atoms with Crippen molar-refractivity contribution in [3.8, 4) is 0 Å². The first-order chi connectivity index (χ1) is 9.98. The number of ether oxygens (including phenoxy) is 2. The van der Waals surface area contributed by atoms with Crippen molar-refractivity contribution in [3.05, 3.63) is 21.6 Å². The van der Waals surface area contributed by atoms with Crippen LogP contribution in [0.1, 0.15) is 12.8 Å². The zero-order valence-corrected chi connectivity index (χ0v) is 11.9. The van der Waals surface area contributed by atoms with E-state index < -0.39 is 16.4 Å². The predicted molar refractivity (Wildman–Crippen MR) is 72.1 cm³/mol. The van der Waals surface area contributed by atoms with E-state index >= 15 is 0 Å². The van der Waals surface area contributed by atoms with E-state index in [0.717, 1.165) is 6.20 Å². The molecule has 21 heavy (non-hydrogen) atoms. The molecule has 1 saturated heterocycles. The number of esters is 1. The molecule has 0 amide bonds. The van der Waals surface area contributed by atoms with E-state index in [1.165, 1.54) is 7.11 Å². The third-order valence-corrected chi connectivity index (χ3v) is 3.40. The topological polar surface area (TPSA) is 116 Å². The van der Waals surface area contributed by atoms with Crippen LogP contribution in [0.2, 0.25) is 5.28 Å². The van der Waals surface area contributed by atoms with Gasteiger partial charge in [-0.05, 0) is 11.6 Å². The molecule has 2 heterocycles. The highest BCUT2D eigenvalue weighted by Crippen LogP contribution is 2.31. The van der Waals surface area contributed by atoms with Gasteiger partial charge in [0.25, 0.3) is 0 Å². The van der Waals surface area contributed by atoms with Gasteiger partial charge in [-0.2, -0.15) is 4.98 Å². The molecule has 10 heteroatoms. The van der Waals surface area contributed by atoms with Crippen LogP contribution in [0.25, 0.3) is 0 Å². The molecule has 0 unspecified atom stereocenters. The Labute approximate surface area is 124 Å². The minimum atomic E-state index is -1.13. The van der Waals surface area contributed by atoms with Crippen molar-refractivity contribution in [1.29, 1.82) is 0 Å². The number of nitrogens with one attached hydrogen (secondary N) is 1. The second-order valence-corrected chi connectivity index (χ2v) is 4.78. The van der Waals surface area contributed by atoms with Gasteiger partial charge in [0.2, 0.25) is 11.1 Å². The van der Waals surface area contributed by atoms with Crippen LogP contribution in [-0.4, -0.2) is 46.7 Å². The minimum absolute atomic E-state index is 0.118. The maximum atomic E-state index is 12.1. The van der Waals surface area contributed by atoms with Crippen LogP contribution >= 0.6 is 11.6 Å². The summed E-state index contributed by atoms with van der Waals surface area (Å²) in [5.41, 5.74) is -1.50. The average Bonchev–Trinajstić information content (AvgIpc) is 2.47. The summed E-state index contributed by atoms with van der Waals surface area (Å²) in [6, 6.07) is 0. The Morgan fingerprint density at radius 3 is 2.81 bits per heavy atom. The lowest BCUT2D eigenvalue weighted by Gasteiger charge is -2.35. The Bertz CT molecular complexity index is 562. The smallest absolute Gasteiger partial charge is 0.331 e. The SMILES string of the molecule is COC(=O)C1(Nc2nc(Cl)ncc2[N+](=O)[O-])CCOCC1. The van der Waals surface area contributed by atoms with Crippen LogP contribution in [0.4, 0.5) is 11.5 Å². The lowest BCUT2D eigenvalue weighted by atomic mass is 9.90. The Balaban J connectivity index is 2.39. The maximum Gasteiger partial charge on any atom is 0.331 e. The molecule has 114 valence electrons. The molecule has 0 spiro atoms. The van der Waals surface area contributed by atoms with E-state index in [1.54, 1.807) is 0 Å². The summed E-state index contributed by atoms with van der Waals surface area (Å²) < 4.78 is 10.0. The monoisotopic (exact) mass is 316 g/mol. The molecule has 1 aromatic rings. The van der Waals surface area contributed by atoms with E-state index in [1.807, 2.05) is 0 Å². The molecule has 9 nitrogen and oxygen atoms in total. The number of hydrogen-bond acceptors (Lipinski definition) is 8. The molecule has 1 aliphatic heterocycles. The lowest BCUT2D eigenvalue weighted by Crippen LogP contribution is -2.51. The number of methoxy groups -OCH3 is 1. The fourth-order valence-electron chi connectivity index (χ4n) is 2.10. The number of nitro groups is 1. The second-order valence-electron chi connectivity index (χ2n) is 4.44. The van der Waals surface area contributed by atoms with E-state index in [4.69, 9.17) is 21.1 Å². The predicted octanol–water partition coefficient (Wildman–Crippen LogP) is 1.17. The van der Waals surface area contributed by atoms with Crippen molar-refractivity contribution in [2.75, 3.05) is 25.6 Å². The number of aromatic nitrogens is 2. The van der Waals surface area contributed by atoms with E-state index in [0.29, 0.717) is 26.1 Å². The van der Waals surface area contributed by atoms with Gasteiger partial charge in [-0.3, -0.25) is 10.1 Å². The molecule has 1 N–H and O–H groups in total. The fourth-order valence-corrected chi connectivity index (χ4v) is 2.23. The first-order valence-corrected chi connectivity index (χ1v) is 6.47. The van der Waals surface area contributed by atoms with Gasteiger partial charge in [-0.1, -0.05) is 0 Å². The fraction of sp³-hybridized carbons (Fsp3) is 0.545. The van der Waals surface area contributed by atoms with Crippen LogP contribution in [0, 0.1) is 10.1 Å². The van der Waals surface area contributed by atoms with Gasteiger partial charge in [-0.25, -0.2) is 9.78 Å². The van der Waals surface area contributed by atoms with Crippen molar-refractivity contribution >= 4 is 29.1 Å². The van der Waals surface area contributed by atoms with Gasteiger partial charge in [0.15, 0.2) is 0 Å². The summed E-state index contributed by atoms with van der Waals surface area (Å²) in [6.45, 7) is 0.656. The standard InChI is InChI=1S/C11H13ClN4O5/c1-20-9(17)11(2-4-21-5-3-11)15-8-7(16(18)19)6-13-10(12)14-8/h6H,2-5H2,1H3,(H,13,14,15). The van der Waals surface area contributed by atoms with Crippen molar-refractivity contribution in [3.63, 3.8) is 0 Å². The zero-order chi connectivity index (χ0) is 15.5. The Kier molecular flexibility index (Phi) is 4.53. The Morgan fingerprint density at radius 1 is 1.57 bits per heavy atom. The quantitative estimate of drug-likeness (QED) is 0.381. The molecular weight excluding hydrogens is 304 g/mol. The molecule has 0 aliphatic carbocycles.